The average molecular weight is 275 g/mol. The molecule has 1 N–H and O–H groups in total. The number of aliphatic carboxylic acids is 1. The van der Waals surface area contributed by atoms with Gasteiger partial charge in [0.15, 0.2) is 0 Å². The van der Waals surface area contributed by atoms with E-state index in [-0.39, 0.29) is 18.2 Å². The number of rotatable bonds is 3. The highest BCUT2D eigenvalue weighted by Crippen LogP contribution is 2.27. The molecule has 4 heteroatoms. The lowest BCUT2D eigenvalue weighted by atomic mass is 9.94. The summed E-state index contributed by atoms with van der Waals surface area (Å²) in [6, 6.07) is 3.07. The van der Waals surface area contributed by atoms with Crippen molar-refractivity contribution >= 4 is 21.9 Å². The van der Waals surface area contributed by atoms with Crippen LogP contribution >= 0.6 is 15.9 Å². The van der Waals surface area contributed by atoms with Crippen LogP contribution in [0.25, 0.3) is 0 Å². The van der Waals surface area contributed by atoms with Crippen molar-refractivity contribution in [3.63, 3.8) is 0 Å². The van der Waals surface area contributed by atoms with Crippen LogP contribution in [0.4, 0.5) is 4.39 Å². The molecule has 0 saturated carbocycles. The zero-order valence-corrected chi connectivity index (χ0v) is 10.1. The summed E-state index contributed by atoms with van der Waals surface area (Å²) in [7, 11) is 0. The van der Waals surface area contributed by atoms with Crippen LogP contribution in [0.2, 0.25) is 0 Å². The highest BCUT2D eigenvalue weighted by Gasteiger charge is 2.14. The number of halogens is 2. The minimum absolute atomic E-state index is 0.0545. The zero-order chi connectivity index (χ0) is 11.6. The van der Waals surface area contributed by atoms with Gasteiger partial charge in [0.05, 0.1) is 10.9 Å². The van der Waals surface area contributed by atoms with E-state index in [4.69, 9.17) is 5.11 Å². The Morgan fingerprint density at radius 1 is 1.60 bits per heavy atom. The molecular weight excluding hydrogens is 263 g/mol. The number of carboxylic acid groups (broad SMARTS) is 1. The van der Waals surface area contributed by atoms with Gasteiger partial charge in [-0.2, -0.15) is 0 Å². The smallest absolute Gasteiger partial charge is 0.303 e. The van der Waals surface area contributed by atoms with Crippen LogP contribution in [0.3, 0.4) is 0 Å². The predicted octanol–water partition coefficient (Wildman–Crippen LogP) is 3.47. The Hall–Kier alpha value is -0.900. The fourth-order valence-electron chi connectivity index (χ4n) is 1.56. The monoisotopic (exact) mass is 274 g/mol. The summed E-state index contributed by atoms with van der Waals surface area (Å²) in [4.78, 5) is 10.6. The maximum Gasteiger partial charge on any atom is 0.303 e. The molecule has 82 valence electrons. The van der Waals surface area contributed by atoms with Gasteiger partial charge in [0, 0.05) is 0 Å². The Kier molecular flexibility index (Phi) is 3.85. The normalized spacial score (nSPS) is 12.5. The summed E-state index contributed by atoms with van der Waals surface area (Å²) in [6.07, 6.45) is 0.0545. The largest absolute Gasteiger partial charge is 0.481 e. The van der Waals surface area contributed by atoms with Crippen LogP contribution in [0, 0.1) is 12.7 Å². The standard InChI is InChI=1S/C11H12BrFO2/c1-6-3-10(13)9(12)5-8(6)7(2)4-11(14)15/h3,5,7H,4H2,1-2H3,(H,14,15). The van der Waals surface area contributed by atoms with Crippen LogP contribution in [-0.4, -0.2) is 11.1 Å². The summed E-state index contributed by atoms with van der Waals surface area (Å²) in [5, 5.41) is 8.67. The first-order valence-electron chi connectivity index (χ1n) is 4.59. The van der Waals surface area contributed by atoms with Gasteiger partial charge in [0.25, 0.3) is 0 Å². The van der Waals surface area contributed by atoms with Crippen molar-refractivity contribution in [2.75, 3.05) is 0 Å². The highest BCUT2D eigenvalue weighted by molar-refractivity contribution is 9.10. The van der Waals surface area contributed by atoms with E-state index >= 15 is 0 Å². The molecular formula is C11H12BrFO2. The molecule has 0 saturated heterocycles. The fourth-order valence-corrected chi connectivity index (χ4v) is 1.93. The number of carboxylic acids is 1. The van der Waals surface area contributed by atoms with E-state index < -0.39 is 5.97 Å². The molecule has 0 bridgehead atoms. The molecule has 1 unspecified atom stereocenters. The molecule has 15 heavy (non-hydrogen) atoms. The van der Waals surface area contributed by atoms with Gasteiger partial charge in [-0.05, 0) is 52.0 Å². The molecule has 0 heterocycles. The third-order valence-corrected chi connectivity index (χ3v) is 2.93. The van der Waals surface area contributed by atoms with Crippen molar-refractivity contribution in [3.05, 3.63) is 33.5 Å². The second-order valence-electron chi connectivity index (χ2n) is 3.62. The van der Waals surface area contributed by atoms with Crippen LogP contribution in [-0.2, 0) is 4.79 Å². The summed E-state index contributed by atoms with van der Waals surface area (Å²) in [5.41, 5.74) is 1.65. The SMILES string of the molecule is Cc1cc(F)c(Br)cc1C(C)CC(=O)O. The molecule has 0 aromatic heterocycles. The molecule has 0 radical (unpaired) electrons. The highest BCUT2D eigenvalue weighted by atomic mass is 79.9. The van der Waals surface area contributed by atoms with Gasteiger partial charge in [-0.1, -0.05) is 6.92 Å². The summed E-state index contributed by atoms with van der Waals surface area (Å²) in [6.45, 7) is 3.60. The van der Waals surface area contributed by atoms with Gasteiger partial charge in [-0.25, -0.2) is 4.39 Å². The fraction of sp³-hybridized carbons (Fsp3) is 0.364. The van der Waals surface area contributed by atoms with Crippen LogP contribution in [0.15, 0.2) is 16.6 Å². The van der Waals surface area contributed by atoms with E-state index in [1.54, 1.807) is 13.0 Å². The third-order valence-electron chi connectivity index (χ3n) is 2.32. The van der Waals surface area contributed by atoms with Crippen molar-refractivity contribution in [2.24, 2.45) is 0 Å². The molecule has 0 amide bonds. The van der Waals surface area contributed by atoms with Gasteiger partial charge in [0.2, 0.25) is 0 Å². The third kappa shape index (κ3) is 3.02. The van der Waals surface area contributed by atoms with E-state index in [2.05, 4.69) is 15.9 Å². The number of hydrogen-bond donors (Lipinski definition) is 1. The summed E-state index contributed by atoms with van der Waals surface area (Å²) in [5.74, 6) is -1.28. The molecule has 1 rings (SSSR count). The van der Waals surface area contributed by atoms with Crippen LogP contribution in [0.1, 0.15) is 30.4 Å². The van der Waals surface area contributed by atoms with E-state index in [9.17, 15) is 9.18 Å². The van der Waals surface area contributed by atoms with Crippen molar-refractivity contribution in [1.29, 1.82) is 0 Å². The van der Waals surface area contributed by atoms with Crippen molar-refractivity contribution < 1.29 is 14.3 Å². The van der Waals surface area contributed by atoms with Gasteiger partial charge in [-0.15, -0.1) is 0 Å². The number of aryl methyl sites for hydroxylation is 1. The average Bonchev–Trinajstić information content (AvgIpc) is 2.09. The Morgan fingerprint density at radius 2 is 2.20 bits per heavy atom. The van der Waals surface area contributed by atoms with Crippen LogP contribution in [0.5, 0.6) is 0 Å². The Labute approximate surface area is 96.2 Å². The zero-order valence-electron chi connectivity index (χ0n) is 8.55. The molecule has 1 aromatic rings. The minimum atomic E-state index is -0.845. The first kappa shape index (κ1) is 12.2. The van der Waals surface area contributed by atoms with Crippen molar-refractivity contribution in [2.45, 2.75) is 26.2 Å². The second-order valence-corrected chi connectivity index (χ2v) is 4.48. The van der Waals surface area contributed by atoms with E-state index in [0.29, 0.717) is 4.47 Å². The molecule has 0 aliphatic rings. The summed E-state index contributed by atoms with van der Waals surface area (Å²) < 4.78 is 13.5. The first-order valence-corrected chi connectivity index (χ1v) is 5.38. The van der Waals surface area contributed by atoms with Crippen molar-refractivity contribution in [3.8, 4) is 0 Å². The van der Waals surface area contributed by atoms with Gasteiger partial charge in [0.1, 0.15) is 5.82 Å². The lowest BCUT2D eigenvalue weighted by Crippen LogP contribution is -2.05. The Morgan fingerprint density at radius 3 is 2.73 bits per heavy atom. The maximum absolute atomic E-state index is 13.1. The van der Waals surface area contributed by atoms with Gasteiger partial charge in [-0.3, -0.25) is 4.79 Å². The molecule has 0 aliphatic heterocycles. The lowest BCUT2D eigenvalue weighted by Gasteiger charge is -2.13. The summed E-state index contributed by atoms with van der Waals surface area (Å²) >= 11 is 3.09. The molecule has 0 fully saturated rings. The topological polar surface area (TPSA) is 37.3 Å². The number of carbonyl (C=O) groups is 1. The van der Waals surface area contributed by atoms with E-state index in [0.717, 1.165) is 11.1 Å². The van der Waals surface area contributed by atoms with E-state index in [1.807, 2.05) is 6.92 Å². The lowest BCUT2D eigenvalue weighted by molar-refractivity contribution is -0.137. The van der Waals surface area contributed by atoms with E-state index in [1.165, 1.54) is 6.07 Å². The Bertz CT molecular complexity index is 390. The second kappa shape index (κ2) is 4.75. The van der Waals surface area contributed by atoms with Gasteiger partial charge < -0.3 is 5.11 Å². The predicted molar refractivity (Wildman–Crippen MR) is 59.5 cm³/mol. The van der Waals surface area contributed by atoms with Gasteiger partial charge >= 0.3 is 5.97 Å². The number of hydrogen-bond acceptors (Lipinski definition) is 1. The number of benzene rings is 1. The molecule has 0 spiro atoms. The maximum atomic E-state index is 13.1. The Balaban J connectivity index is 3.03. The molecule has 0 aliphatic carbocycles. The quantitative estimate of drug-likeness (QED) is 0.917. The van der Waals surface area contributed by atoms with Crippen LogP contribution < -0.4 is 0 Å². The minimum Gasteiger partial charge on any atom is -0.481 e. The molecule has 1 aromatic carbocycles. The molecule has 2 nitrogen and oxygen atoms in total. The molecule has 1 atom stereocenters. The van der Waals surface area contributed by atoms with Crippen molar-refractivity contribution in [1.82, 2.24) is 0 Å². The first-order chi connectivity index (χ1) is 6.91.